The summed E-state index contributed by atoms with van der Waals surface area (Å²) < 4.78 is 9.92. The van der Waals surface area contributed by atoms with E-state index < -0.39 is 24.0 Å². The van der Waals surface area contributed by atoms with E-state index in [1.807, 2.05) is 18.2 Å². The first kappa shape index (κ1) is 34.7. The van der Waals surface area contributed by atoms with Crippen LogP contribution in [0.25, 0.3) is 0 Å². The fourth-order valence-corrected chi connectivity index (χ4v) is 0.995. The summed E-state index contributed by atoms with van der Waals surface area (Å²) in [4.78, 5) is 29.0. The molecule has 0 fully saturated rings. The average Bonchev–Trinajstić information content (AvgIpc) is 2.66. The molecule has 8 nitrogen and oxygen atoms in total. The average molecular weight is 426 g/mol. The maximum absolute atomic E-state index is 10.7. The fourth-order valence-electron chi connectivity index (χ4n) is 0.995. The summed E-state index contributed by atoms with van der Waals surface area (Å²) in [5.74, 6) is -2.36. The molecule has 10 heteroatoms. The van der Waals surface area contributed by atoms with E-state index in [9.17, 15) is 9.90 Å². The molecule has 0 aliphatic heterocycles. The zero-order chi connectivity index (χ0) is 20.4. The third-order valence-electron chi connectivity index (χ3n) is 2.10. The van der Waals surface area contributed by atoms with Crippen LogP contribution in [0.2, 0.25) is 0 Å². The van der Waals surface area contributed by atoms with Crippen LogP contribution in [0.15, 0.2) is 68.3 Å². The summed E-state index contributed by atoms with van der Waals surface area (Å²) >= 11 is 0. The van der Waals surface area contributed by atoms with Crippen molar-refractivity contribution < 1.29 is 120 Å². The van der Waals surface area contributed by atoms with Crippen molar-refractivity contribution in [1.29, 1.82) is 0 Å². The Balaban J connectivity index is -0.000000202. The molecule has 0 aromatic heterocycles. The number of carboxylic acids is 2. The number of ether oxygens (including phenoxy) is 2. The second-order valence-electron chi connectivity index (χ2n) is 4.16. The largest absolute Gasteiger partial charge is 1.00 e. The van der Waals surface area contributed by atoms with E-state index in [2.05, 4.69) is 24.5 Å². The second kappa shape index (κ2) is 24.3. The number of aliphatic hydroxyl groups is 1. The monoisotopic (exact) mass is 426 g/mol. The molecule has 1 N–H and O–H groups in total. The van der Waals surface area contributed by atoms with Gasteiger partial charge in [0.15, 0.2) is 0 Å². The van der Waals surface area contributed by atoms with Gasteiger partial charge in [0.2, 0.25) is 0 Å². The van der Waals surface area contributed by atoms with Gasteiger partial charge in [-0.1, -0.05) is 37.9 Å². The molecule has 0 radical (unpaired) electrons. The molecular formula is C18H20KNaO8. The molecule has 0 amide bonds. The van der Waals surface area contributed by atoms with Gasteiger partial charge in [0.25, 0.3) is 0 Å². The zero-order valence-electron chi connectivity index (χ0n) is 16.0. The number of hydrogen-bond donors (Lipinski definition) is 1. The van der Waals surface area contributed by atoms with Crippen LogP contribution in [-0.4, -0.2) is 42.3 Å². The Labute approximate surface area is 228 Å². The molecule has 1 aromatic rings. The van der Waals surface area contributed by atoms with Gasteiger partial charge in [0.1, 0.15) is 25.1 Å². The molecule has 0 aliphatic carbocycles. The van der Waals surface area contributed by atoms with Crippen molar-refractivity contribution in [3.05, 3.63) is 68.3 Å². The van der Waals surface area contributed by atoms with Crippen molar-refractivity contribution in [2.24, 2.45) is 0 Å². The van der Waals surface area contributed by atoms with Crippen molar-refractivity contribution in [3.63, 3.8) is 0 Å². The van der Waals surface area contributed by atoms with Crippen molar-refractivity contribution in [2.45, 2.75) is 6.10 Å². The van der Waals surface area contributed by atoms with E-state index in [1.54, 1.807) is 12.1 Å². The molecule has 1 atom stereocenters. The van der Waals surface area contributed by atoms with Crippen LogP contribution in [-0.2, 0) is 19.1 Å². The minimum absolute atomic E-state index is 0. The van der Waals surface area contributed by atoms with E-state index >= 15 is 0 Å². The van der Waals surface area contributed by atoms with Crippen LogP contribution in [0.3, 0.4) is 0 Å². The molecule has 0 bridgehead atoms. The Bertz CT molecular complexity index is 575. The number of carboxylic acid groups (broad SMARTS) is 2. The number of carbonyl (C=O) groups is 3. The third kappa shape index (κ3) is 27.5. The topological polar surface area (TPSA) is 136 Å². The Morgan fingerprint density at radius 2 is 1.39 bits per heavy atom. The summed E-state index contributed by atoms with van der Waals surface area (Å²) in [5, 5.41) is 27.7. The van der Waals surface area contributed by atoms with Gasteiger partial charge in [-0.2, -0.15) is 0 Å². The van der Waals surface area contributed by atoms with Crippen LogP contribution >= 0.6 is 0 Å². The Kier molecular flexibility index (Phi) is 30.1. The van der Waals surface area contributed by atoms with Gasteiger partial charge < -0.3 is 34.4 Å². The third-order valence-corrected chi connectivity index (χ3v) is 2.10. The fraction of sp³-hybridized carbons (Fsp3) is 0.167. The standard InChI is InChI=1S/C12H14O4.2C3H4O2.K.Na/c1-2-12(14)16-9-10(13)8-15-11-6-4-3-5-7-11;2*1-2-3(4)5;;/h2-7,10,13H,1,8-9H2;2*2H,1H2,(H,4,5);;/q;;;2*+1/p-2. The summed E-state index contributed by atoms with van der Waals surface area (Å²) in [6, 6.07) is 9.10. The molecule has 1 aromatic carbocycles. The number of hydrogen-bond acceptors (Lipinski definition) is 8. The maximum atomic E-state index is 10.7. The molecule has 142 valence electrons. The SMILES string of the molecule is C=CC(=O)OCC(O)COc1ccccc1.C=CC(=O)[O-].C=CC(=O)[O-].[K+].[Na+]. The molecule has 0 spiro atoms. The van der Waals surface area contributed by atoms with Crippen molar-refractivity contribution >= 4 is 17.9 Å². The first-order valence-electron chi connectivity index (χ1n) is 7.08. The number of carbonyl (C=O) groups excluding carboxylic acids is 3. The number of aliphatic carboxylic acids is 2. The number of benzene rings is 1. The predicted octanol–water partition coefficient (Wildman–Crippen LogP) is -6.99. The van der Waals surface area contributed by atoms with E-state index in [1.165, 1.54) is 0 Å². The van der Waals surface area contributed by atoms with Gasteiger partial charge >= 0.3 is 86.9 Å². The smallest absolute Gasteiger partial charge is 0.545 e. The summed E-state index contributed by atoms with van der Waals surface area (Å²) in [6.45, 7) is 9.02. The van der Waals surface area contributed by atoms with Crippen LogP contribution in [0, 0.1) is 0 Å². The van der Waals surface area contributed by atoms with Gasteiger partial charge in [0.05, 0.1) is 11.9 Å². The number of esters is 1. The summed E-state index contributed by atoms with van der Waals surface area (Å²) in [5.41, 5.74) is 0. The molecule has 0 saturated heterocycles. The van der Waals surface area contributed by atoms with E-state index in [0.29, 0.717) is 5.75 Å². The molecule has 28 heavy (non-hydrogen) atoms. The van der Waals surface area contributed by atoms with Gasteiger partial charge in [-0.25, -0.2) is 4.79 Å². The van der Waals surface area contributed by atoms with E-state index in [4.69, 9.17) is 24.5 Å². The Morgan fingerprint density at radius 1 is 0.964 bits per heavy atom. The summed E-state index contributed by atoms with van der Waals surface area (Å²) in [7, 11) is 0. The van der Waals surface area contributed by atoms with Gasteiger partial charge in [-0.05, 0) is 24.3 Å². The Hall–Kier alpha value is -0.754. The van der Waals surface area contributed by atoms with Gasteiger partial charge in [-0.15, -0.1) is 0 Å². The van der Waals surface area contributed by atoms with Gasteiger partial charge in [-0.3, -0.25) is 0 Å². The number of para-hydroxylation sites is 1. The number of rotatable bonds is 8. The molecule has 0 saturated carbocycles. The van der Waals surface area contributed by atoms with Crippen LogP contribution < -0.4 is 95.9 Å². The number of aliphatic hydroxyl groups excluding tert-OH is 1. The molecule has 1 rings (SSSR count). The minimum atomic E-state index is -1.23. The molecule has 0 aliphatic rings. The minimum Gasteiger partial charge on any atom is -0.545 e. The first-order chi connectivity index (χ1) is 12.3. The van der Waals surface area contributed by atoms with E-state index in [-0.39, 0.29) is 94.2 Å². The molecular weight excluding hydrogens is 406 g/mol. The van der Waals surface area contributed by atoms with Crippen molar-refractivity contribution in [3.8, 4) is 5.75 Å². The van der Waals surface area contributed by atoms with Crippen LogP contribution in [0.5, 0.6) is 5.75 Å². The summed E-state index contributed by atoms with van der Waals surface area (Å²) in [6.07, 6.45) is 1.65. The molecule has 1 unspecified atom stereocenters. The van der Waals surface area contributed by atoms with Crippen molar-refractivity contribution in [1.82, 2.24) is 0 Å². The van der Waals surface area contributed by atoms with Gasteiger partial charge in [0, 0.05) is 6.08 Å². The normalized spacial score (nSPS) is 8.89. The quantitative estimate of drug-likeness (QED) is 0.246. The Morgan fingerprint density at radius 3 is 1.75 bits per heavy atom. The van der Waals surface area contributed by atoms with Crippen molar-refractivity contribution in [2.75, 3.05) is 13.2 Å². The maximum Gasteiger partial charge on any atom is 1.00 e. The zero-order valence-corrected chi connectivity index (χ0v) is 21.2. The predicted molar refractivity (Wildman–Crippen MR) is 89.5 cm³/mol. The second-order valence-corrected chi connectivity index (χ2v) is 4.16. The van der Waals surface area contributed by atoms with Crippen LogP contribution in [0.1, 0.15) is 0 Å². The van der Waals surface area contributed by atoms with E-state index in [0.717, 1.165) is 18.2 Å². The first-order valence-corrected chi connectivity index (χ1v) is 7.08. The van der Waals surface area contributed by atoms with Crippen LogP contribution in [0.4, 0.5) is 0 Å². The molecule has 0 heterocycles.